The fraction of sp³-hybridized carbons (Fsp3) is 0.560. The molecule has 190 valence electrons. The lowest BCUT2D eigenvalue weighted by atomic mass is 10.2. The van der Waals surface area contributed by atoms with Crippen LogP contribution >= 0.6 is 23.4 Å². The summed E-state index contributed by atoms with van der Waals surface area (Å²) in [5, 5.41) is 10.7. The second-order valence-corrected chi connectivity index (χ2v) is 10.2. The van der Waals surface area contributed by atoms with Crippen LogP contribution in [0.1, 0.15) is 27.2 Å². The summed E-state index contributed by atoms with van der Waals surface area (Å²) in [6, 6.07) is 0. The van der Waals surface area contributed by atoms with E-state index < -0.39 is 0 Å². The van der Waals surface area contributed by atoms with Crippen LogP contribution in [0, 0.1) is 5.92 Å². The van der Waals surface area contributed by atoms with Gasteiger partial charge in [0.15, 0.2) is 5.17 Å². The van der Waals surface area contributed by atoms with E-state index in [1.807, 2.05) is 12.2 Å². The molecule has 1 unspecified atom stereocenters. The third-order valence-corrected chi connectivity index (χ3v) is 6.28. The first-order valence-electron chi connectivity index (χ1n) is 12.1. The molecule has 0 spiro atoms. The number of rotatable bonds is 10. The van der Waals surface area contributed by atoms with Crippen LogP contribution in [0.2, 0.25) is 0 Å². The predicted octanol–water partition coefficient (Wildman–Crippen LogP) is 3.89. The van der Waals surface area contributed by atoms with Crippen LogP contribution in [0.5, 0.6) is 0 Å². The van der Waals surface area contributed by atoms with Gasteiger partial charge in [-0.05, 0) is 37.5 Å². The highest BCUT2D eigenvalue weighted by molar-refractivity contribution is 8.13. The Labute approximate surface area is 215 Å². The summed E-state index contributed by atoms with van der Waals surface area (Å²) in [6.45, 7) is 10.7. The number of halogens is 1. The second-order valence-electron chi connectivity index (χ2n) is 8.59. The fourth-order valence-electron chi connectivity index (χ4n) is 3.35. The number of hydrogen-bond acceptors (Lipinski definition) is 7. The Hall–Kier alpha value is -1.87. The third-order valence-electron chi connectivity index (χ3n) is 5.10. The molecule has 7 nitrogen and oxygen atoms in total. The Morgan fingerprint density at radius 3 is 2.91 bits per heavy atom. The minimum absolute atomic E-state index is 0.0479. The summed E-state index contributed by atoms with van der Waals surface area (Å²) >= 11 is 7.98. The SMILES string of the molecule is CCN=C(NC1C=CC=C(N2C=CN(C)CCC2)N(C)N1)SCCNC/C(Cl)=C\C=C/C(C)C. The normalized spacial score (nSPS) is 20.3. The molecule has 9 heteroatoms. The van der Waals surface area contributed by atoms with Gasteiger partial charge >= 0.3 is 0 Å². The molecule has 1 atom stereocenters. The molecule has 3 N–H and O–H groups in total. The minimum atomic E-state index is -0.0479. The van der Waals surface area contributed by atoms with E-state index in [0.717, 1.165) is 54.4 Å². The molecule has 0 aromatic carbocycles. The summed E-state index contributed by atoms with van der Waals surface area (Å²) in [5.74, 6) is 2.55. The van der Waals surface area contributed by atoms with Gasteiger partial charge in [0.2, 0.25) is 0 Å². The minimum Gasteiger partial charge on any atom is -0.379 e. The summed E-state index contributed by atoms with van der Waals surface area (Å²) < 4.78 is 0. The van der Waals surface area contributed by atoms with Gasteiger partial charge in [-0.3, -0.25) is 10.0 Å². The lowest BCUT2D eigenvalue weighted by molar-refractivity contribution is 0.203. The van der Waals surface area contributed by atoms with Gasteiger partial charge in [0.1, 0.15) is 12.0 Å². The van der Waals surface area contributed by atoms with Crippen LogP contribution in [0.3, 0.4) is 0 Å². The smallest absolute Gasteiger partial charge is 0.158 e. The first kappa shape index (κ1) is 28.4. The zero-order chi connectivity index (χ0) is 24.8. The van der Waals surface area contributed by atoms with Crippen LogP contribution in [0.4, 0.5) is 0 Å². The second kappa shape index (κ2) is 15.9. The molecule has 0 aromatic heterocycles. The van der Waals surface area contributed by atoms with Crippen LogP contribution in [-0.2, 0) is 0 Å². The van der Waals surface area contributed by atoms with E-state index >= 15 is 0 Å². The van der Waals surface area contributed by atoms with Gasteiger partial charge < -0.3 is 20.4 Å². The predicted molar refractivity (Wildman–Crippen MR) is 149 cm³/mol. The highest BCUT2D eigenvalue weighted by Crippen LogP contribution is 2.15. The van der Waals surface area contributed by atoms with E-state index in [0.29, 0.717) is 12.5 Å². The monoisotopic (exact) mass is 507 g/mol. The first-order valence-corrected chi connectivity index (χ1v) is 13.5. The molecular formula is C25H42ClN7S. The largest absolute Gasteiger partial charge is 0.379 e. The number of allylic oxidation sites excluding steroid dienone is 5. The molecule has 2 rings (SSSR count). The maximum atomic E-state index is 6.27. The van der Waals surface area contributed by atoms with Crippen LogP contribution in [-0.4, -0.2) is 78.7 Å². The van der Waals surface area contributed by atoms with Crippen molar-refractivity contribution in [2.45, 2.75) is 33.4 Å². The molecule has 0 fully saturated rings. The van der Waals surface area contributed by atoms with E-state index in [-0.39, 0.29) is 6.17 Å². The molecule has 0 aliphatic carbocycles. The summed E-state index contributed by atoms with van der Waals surface area (Å²) in [7, 11) is 4.17. The average Bonchev–Trinajstić information content (AvgIpc) is 3.10. The zero-order valence-electron chi connectivity index (χ0n) is 21.3. The molecule has 34 heavy (non-hydrogen) atoms. The van der Waals surface area contributed by atoms with Gasteiger partial charge in [0.05, 0.1) is 0 Å². The Morgan fingerprint density at radius 1 is 1.32 bits per heavy atom. The molecule has 2 aliphatic rings. The number of hydrazine groups is 1. The van der Waals surface area contributed by atoms with Crippen molar-refractivity contribution < 1.29 is 0 Å². The van der Waals surface area contributed by atoms with E-state index in [1.54, 1.807) is 11.8 Å². The van der Waals surface area contributed by atoms with Gasteiger partial charge in [-0.15, -0.1) is 0 Å². The number of hydrogen-bond donors (Lipinski definition) is 3. The highest BCUT2D eigenvalue weighted by atomic mass is 35.5. The van der Waals surface area contributed by atoms with Gasteiger partial charge in [-0.2, -0.15) is 0 Å². The fourth-order valence-corrected chi connectivity index (χ4v) is 4.39. The van der Waals surface area contributed by atoms with E-state index in [2.05, 4.69) is 107 Å². The zero-order valence-corrected chi connectivity index (χ0v) is 22.9. The van der Waals surface area contributed by atoms with Gasteiger partial charge in [0.25, 0.3) is 0 Å². The maximum absolute atomic E-state index is 6.27. The molecule has 0 saturated heterocycles. The highest BCUT2D eigenvalue weighted by Gasteiger charge is 2.18. The first-order chi connectivity index (χ1) is 16.4. The Balaban J connectivity index is 1.79. The van der Waals surface area contributed by atoms with E-state index in [1.165, 1.54) is 0 Å². The summed E-state index contributed by atoms with van der Waals surface area (Å²) in [6.07, 6.45) is 17.8. The quantitative estimate of drug-likeness (QED) is 0.179. The molecule has 0 aromatic rings. The van der Waals surface area contributed by atoms with Crippen molar-refractivity contribution in [2.24, 2.45) is 10.9 Å². The summed E-state index contributed by atoms with van der Waals surface area (Å²) in [4.78, 5) is 9.15. The number of thioether (sulfide) groups is 1. The molecule has 2 aliphatic heterocycles. The standard InChI is InChI=1S/C25H42ClN7S/c1-6-28-25(34-19-14-27-20-22(26)11-7-10-21(2)3)29-23-12-8-13-24(32(5)30-23)33-16-9-15-31(4)17-18-33/h7-8,10-13,17-18,21,23,27,30H,6,9,14-16,19-20H2,1-5H3,(H,28,29)/b10-7-,22-11+. The lowest BCUT2D eigenvalue weighted by Gasteiger charge is -2.32. The molecule has 2 heterocycles. The number of amidine groups is 1. The number of nitrogens with one attached hydrogen (secondary N) is 3. The van der Waals surface area contributed by atoms with Crippen molar-refractivity contribution in [3.05, 3.63) is 59.7 Å². The van der Waals surface area contributed by atoms with E-state index in [9.17, 15) is 0 Å². The Kier molecular flexibility index (Phi) is 13.3. The van der Waals surface area contributed by atoms with Crippen molar-refractivity contribution in [2.75, 3.05) is 52.6 Å². The molecular weight excluding hydrogens is 466 g/mol. The Bertz CT molecular complexity index is 788. The van der Waals surface area contributed by atoms with Crippen molar-refractivity contribution in [1.82, 2.24) is 30.9 Å². The molecule has 0 amide bonds. The van der Waals surface area contributed by atoms with Crippen molar-refractivity contribution >= 4 is 28.5 Å². The lowest BCUT2D eigenvalue weighted by Crippen LogP contribution is -2.51. The number of aliphatic imine (C=N–C) groups is 1. The van der Waals surface area contributed by atoms with Crippen molar-refractivity contribution in [3.63, 3.8) is 0 Å². The van der Waals surface area contributed by atoms with Crippen molar-refractivity contribution in [1.29, 1.82) is 0 Å². The maximum Gasteiger partial charge on any atom is 0.158 e. The van der Waals surface area contributed by atoms with Crippen LogP contribution < -0.4 is 16.1 Å². The van der Waals surface area contributed by atoms with Crippen LogP contribution in [0.25, 0.3) is 0 Å². The van der Waals surface area contributed by atoms with Crippen molar-refractivity contribution in [3.8, 4) is 0 Å². The van der Waals surface area contributed by atoms with Gasteiger partial charge in [-0.1, -0.05) is 55.4 Å². The molecule has 0 bridgehead atoms. The van der Waals surface area contributed by atoms with Crippen LogP contribution in [0.15, 0.2) is 64.7 Å². The van der Waals surface area contributed by atoms with E-state index in [4.69, 9.17) is 11.6 Å². The molecule has 0 saturated carbocycles. The molecule has 0 radical (unpaired) electrons. The average molecular weight is 508 g/mol. The number of nitrogens with zero attached hydrogens (tertiary/aromatic N) is 4. The topological polar surface area (TPSA) is 58.2 Å². The van der Waals surface area contributed by atoms with Gasteiger partial charge in [0, 0.05) is 70.0 Å². The van der Waals surface area contributed by atoms with Gasteiger partial charge in [-0.25, -0.2) is 5.43 Å². The third kappa shape index (κ3) is 11.0. The Morgan fingerprint density at radius 2 is 2.15 bits per heavy atom. The summed E-state index contributed by atoms with van der Waals surface area (Å²) in [5.41, 5.74) is 3.53.